The third-order valence-corrected chi connectivity index (χ3v) is 4.06. The van der Waals surface area contributed by atoms with Crippen molar-refractivity contribution in [1.29, 1.82) is 0 Å². The highest BCUT2D eigenvalue weighted by Gasteiger charge is 2.19. The van der Waals surface area contributed by atoms with E-state index in [9.17, 15) is 9.18 Å². The molecule has 2 aromatic rings. The Bertz CT molecular complexity index is 741. The molecule has 3 rings (SSSR count). The Hall–Kier alpha value is -2.67. The van der Waals surface area contributed by atoms with Gasteiger partial charge in [-0.05, 0) is 44.3 Å². The maximum atomic E-state index is 13.8. The van der Waals surface area contributed by atoms with Crippen molar-refractivity contribution in [1.82, 2.24) is 14.8 Å². The smallest absolute Gasteiger partial charge is 0.322 e. The van der Waals surface area contributed by atoms with Crippen LogP contribution in [0.1, 0.15) is 6.42 Å². The van der Waals surface area contributed by atoms with Gasteiger partial charge in [-0.3, -0.25) is 0 Å². The van der Waals surface area contributed by atoms with E-state index in [1.165, 1.54) is 18.3 Å². The Morgan fingerprint density at radius 3 is 2.84 bits per heavy atom. The Morgan fingerprint density at radius 2 is 2.00 bits per heavy atom. The lowest BCUT2D eigenvalue weighted by Gasteiger charge is -2.21. The van der Waals surface area contributed by atoms with Crippen molar-refractivity contribution in [3.63, 3.8) is 0 Å². The number of anilines is 1. The van der Waals surface area contributed by atoms with Crippen LogP contribution in [-0.4, -0.2) is 54.0 Å². The first-order chi connectivity index (χ1) is 12.1. The van der Waals surface area contributed by atoms with Crippen LogP contribution in [0.4, 0.5) is 14.9 Å². The first kappa shape index (κ1) is 17.2. The van der Waals surface area contributed by atoms with Gasteiger partial charge in [-0.2, -0.15) is 0 Å². The lowest BCUT2D eigenvalue weighted by Crippen LogP contribution is -2.37. The molecular formula is C18H21FN4O2. The predicted octanol–water partition coefficient (Wildman–Crippen LogP) is 3.18. The normalized spacial score (nSPS) is 15.5. The Kier molecular flexibility index (Phi) is 5.45. The van der Waals surface area contributed by atoms with Crippen LogP contribution in [0.5, 0.6) is 11.6 Å². The lowest BCUT2D eigenvalue weighted by atomic mass is 10.3. The number of para-hydroxylation sites is 1. The second kappa shape index (κ2) is 7.94. The van der Waals surface area contributed by atoms with Crippen molar-refractivity contribution in [2.75, 3.05) is 38.5 Å². The zero-order chi connectivity index (χ0) is 17.6. The summed E-state index contributed by atoms with van der Waals surface area (Å²) in [7, 11) is 2.04. The molecule has 0 radical (unpaired) electrons. The summed E-state index contributed by atoms with van der Waals surface area (Å²) in [6, 6.07) is 9.25. The first-order valence-electron chi connectivity index (χ1n) is 8.25. The highest BCUT2D eigenvalue weighted by Crippen LogP contribution is 2.28. The second-order valence-corrected chi connectivity index (χ2v) is 5.96. The third-order valence-electron chi connectivity index (χ3n) is 4.06. The summed E-state index contributed by atoms with van der Waals surface area (Å²) >= 11 is 0. The number of aromatic nitrogens is 1. The molecule has 6 nitrogen and oxygen atoms in total. The Labute approximate surface area is 146 Å². The molecule has 1 fully saturated rings. The molecule has 0 spiro atoms. The zero-order valence-electron chi connectivity index (χ0n) is 14.1. The number of urea groups is 1. The SMILES string of the molecule is CN1CCCN(C(=O)Nc2cccnc2Oc2ccccc2F)CC1. The number of carbonyl (C=O) groups excluding carboxylic acids is 1. The van der Waals surface area contributed by atoms with E-state index in [-0.39, 0.29) is 17.7 Å². The number of ether oxygens (including phenoxy) is 1. The summed E-state index contributed by atoms with van der Waals surface area (Å²) in [6.45, 7) is 3.16. The molecule has 1 aliphatic rings. The summed E-state index contributed by atoms with van der Waals surface area (Å²) in [5, 5.41) is 2.82. The average molecular weight is 344 g/mol. The Balaban J connectivity index is 1.72. The molecule has 0 bridgehead atoms. The third kappa shape index (κ3) is 4.45. The molecule has 1 aromatic heterocycles. The molecule has 0 unspecified atom stereocenters. The number of amides is 2. The quantitative estimate of drug-likeness (QED) is 0.929. The number of benzene rings is 1. The van der Waals surface area contributed by atoms with Gasteiger partial charge in [0, 0.05) is 25.8 Å². The van der Waals surface area contributed by atoms with E-state index in [0.717, 1.165) is 19.5 Å². The van der Waals surface area contributed by atoms with Crippen molar-refractivity contribution < 1.29 is 13.9 Å². The molecule has 1 saturated heterocycles. The van der Waals surface area contributed by atoms with E-state index in [4.69, 9.17) is 4.74 Å². The summed E-state index contributed by atoms with van der Waals surface area (Å²) in [4.78, 5) is 20.6. The fourth-order valence-corrected chi connectivity index (χ4v) is 2.64. The number of nitrogens with zero attached hydrogens (tertiary/aromatic N) is 3. The summed E-state index contributed by atoms with van der Waals surface area (Å²) < 4.78 is 19.3. The molecule has 25 heavy (non-hydrogen) atoms. The molecule has 0 atom stereocenters. The molecule has 1 aliphatic heterocycles. The standard InChI is InChI=1S/C18H21FN4O2/c1-22-10-5-11-23(13-12-22)18(24)21-15-7-4-9-20-17(15)25-16-8-3-2-6-14(16)19/h2-4,6-9H,5,10-13H2,1H3,(H,21,24). The van der Waals surface area contributed by atoms with Crippen molar-refractivity contribution in [3.05, 3.63) is 48.4 Å². The van der Waals surface area contributed by atoms with Gasteiger partial charge in [0.25, 0.3) is 0 Å². The van der Waals surface area contributed by atoms with Crippen LogP contribution in [0.3, 0.4) is 0 Å². The lowest BCUT2D eigenvalue weighted by molar-refractivity contribution is 0.213. The van der Waals surface area contributed by atoms with Crippen molar-refractivity contribution >= 4 is 11.7 Å². The van der Waals surface area contributed by atoms with Crippen LogP contribution in [0.2, 0.25) is 0 Å². The van der Waals surface area contributed by atoms with E-state index < -0.39 is 5.82 Å². The first-order valence-corrected chi connectivity index (χ1v) is 8.25. The number of rotatable bonds is 3. The van der Waals surface area contributed by atoms with Crippen molar-refractivity contribution in [2.24, 2.45) is 0 Å². The molecule has 1 aromatic carbocycles. The molecule has 0 saturated carbocycles. The van der Waals surface area contributed by atoms with Gasteiger partial charge in [-0.25, -0.2) is 14.2 Å². The van der Waals surface area contributed by atoms with Crippen molar-refractivity contribution in [3.8, 4) is 11.6 Å². The minimum absolute atomic E-state index is 0.0631. The van der Waals surface area contributed by atoms with E-state index in [1.54, 1.807) is 29.2 Å². The zero-order valence-corrected chi connectivity index (χ0v) is 14.1. The number of hydrogen-bond acceptors (Lipinski definition) is 4. The highest BCUT2D eigenvalue weighted by atomic mass is 19.1. The van der Waals surface area contributed by atoms with Gasteiger partial charge >= 0.3 is 6.03 Å². The van der Waals surface area contributed by atoms with E-state index in [0.29, 0.717) is 18.8 Å². The second-order valence-electron chi connectivity index (χ2n) is 5.96. The van der Waals surface area contributed by atoms with Gasteiger partial charge in [0.15, 0.2) is 11.6 Å². The molecular weight excluding hydrogens is 323 g/mol. The van der Waals surface area contributed by atoms with Crippen LogP contribution in [-0.2, 0) is 0 Å². The van der Waals surface area contributed by atoms with Gasteiger partial charge in [0.05, 0.1) is 0 Å². The van der Waals surface area contributed by atoms with Crippen LogP contribution in [0.15, 0.2) is 42.6 Å². The Morgan fingerprint density at radius 1 is 1.16 bits per heavy atom. The monoisotopic (exact) mass is 344 g/mol. The minimum atomic E-state index is -0.485. The van der Waals surface area contributed by atoms with Gasteiger partial charge < -0.3 is 19.9 Å². The van der Waals surface area contributed by atoms with Crippen LogP contribution in [0, 0.1) is 5.82 Å². The fourth-order valence-electron chi connectivity index (χ4n) is 2.64. The van der Waals surface area contributed by atoms with Gasteiger partial charge in [0.1, 0.15) is 5.69 Å². The maximum Gasteiger partial charge on any atom is 0.322 e. The summed E-state index contributed by atoms with van der Waals surface area (Å²) in [5.41, 5.74) is 0.411. The van der Waals surface area contributed by atoms with E-state index >= 15 is 0 Å². The number of likely N-dealkylation sites (N-methyl/N-ethyl adjacent to an activating group) is 1. The number of hydrogen-bond donors (Lipinski definition) is 1. The molecule has 7 heteroatoms. The number of halogens is 1. The van der Waals surface area contributed by atoms with Crippen LogP contribution < -0.4 is 10.1 Å². The summed E-state index contributed by atoms with van der Waals surface area (Å²) in [6.07, 6.45) is 2.46. The van der Waals surface area contributed by atoms with Crippen LogP contribution in [0.25, 0.3) is 0 Å². The maximum absolute atomic E-state index is 13.8. The molecule has 2 amide bonds. The number of nitrogens with one attached hydrogen (secondary N) is 1. The summed E-state index contributed by atoms with van der Waals surface area (Å²) in [5.74, 6) is -0.262. The molecule has 1 N–H and O–H groups in total. The number of pyridine rings is 1. The fraction of sp³-hybridized carbons (Fsp3) is 0.333. The molecule has 132 valence electrons. The minimum Gasteiger partial charge on any atom is -0.434 e. The number of carbonyl (C=O) groups is 1. The van der Waals surface area contributed by atoms with Gasteiger partial charge in [0.2, 0.25) is 5.88 Å². The highest BCUT2D eigenvalue weighted by molar-refractivity contribution is 5.90. The topological polar surface area (TPSA) is 57.7 Å². The van der Waals surface area contributed by atoms with Gasteiger partial charge in [-0.15, -0.1) is 0 Å². The van der Waals surface area contributed by atoms with Crippen LogP contribution >= 0.6 is 0 Å². The molecule has 0 aliphatic carbocycles. The largest absolute Gasteiger partial charge is 0.434 e. The predicted molar refractivity (Wildman–Crippen MR) is 93.4 cm³/mol. The van der Waals surface area contributed by atoms with E-state index in [2.05, 4.69) is 15.2 Å². The molecule has 2 heterocycles. The van der Waals surface area contributed by atoms with Gasteiger partial charge in [-0.1, -0.05) is 12.1 Å². The average Bonchev–Trinajstić information content (AvgIpc) is 2.83. The van der Waals surface area contributed by atoms with Crippen molar-refractivity contribution in [2.45, 2.75) is 6.42 Å². The van der Waals surface area contributed by atoms with E-state index in [1.807, 2.05) is 7.05 Å².